The Morgan fingerprint density at radius 1 is 1.09 bits per heavy atom. The van der Waals surface area contributed by atoms with Crippen LogP contribution in [0, 0.1) is 0 Å². The van der Waals surface area contributed by atoms with Crippen LogP contribution in [-0.2, 0) is 22.5 Å². The van der Waals surface area contributed by atoms with Gasteiger partial charge in [-0.15, -0.1) is 0 Å². The molecule has 0 unspecified atom stereocenters. The minimum atomic E-state index is 0.211. The summed E-state index contributed by atoms with van der Waals surface area (Å²) in [6.45, 7) is 3.48. The van der Waals surface area contributed by atoms with Gasteiger partial charge < -0.3 is 25.0 Å². The monoisotopic (exact) mass is 438 g/mol. The average molecular weight is 439 g/mol. The van der Waals surface area contributed by atoms with Crippen molar-refractivity contribution < 1.29 is 14.3 Å². The molecule has 0 spiro atoms. The van der Waals surface area contributed by atoms with E-state index in [9.17, 15) is 4.79 Å². The summed E-state index contributed by atoms with van der Waals surface area (Å²) in [5.41, 5.74) is 3.52. The lowest BCUT2D eigenvalue weighted by Crippen LogP contribution is -2.36. The molecule has 0 fully saturated rings. The first-order valence-corrected chi connectivity index (χ1v) is 11.2. The molecule has 7 heteroatoms. The van der Waals surface area contributed by atoms with Gasteiger partial charge in [-0.2, -0.15) is 0 Å². The number of guanidine groups is 1. The molecule has 1 heterocycles. The van der Waals surface area contributed by atoms with E-state index in [0.29, 0.717) is 32.1 Å². The summed E-state index contributed by atoms with van der Waals surface area (Å²) < 4.78 is 10.8. The van der Waals surface area contributed by atoms with Gasteiger partial charge in [-0.25, -0.2) is 0 Å². The van der Waals surface area contributed by atoms with Crippen LogP contribution in [0.15, 0.2) is 53.5 Å². The van der Waals surface area contributed by atoms with Crippen molar-refractivity contribution in [1.82, 2.24) is 10.2 Å². The maximum atomic E-state index is 12.6. The van der Waals surface area contributed by atoms with Crippen molar-refractivity contribution in [2.24, 2.45) is 4.99 Å². The van der Waals surface area contributed by atoms with Gasteiger partial charge in [0.15, 0.2) is 5.96 Å². The van der Waals surface area contributed by atoms with E-state index in [4.69, 9.17) is 9.47 Å². The number of nitrogens with one attached hydrogen (secondary N) is 2. The van der Waals surface area contributed by atoms with Crippen molar-refractivity contribution in [2.75, 3.05) is 45.8 Å². The number of amides is 1. The molecule has 0 aliphatic carbocycles. The number of methoxy groups -OCH3 is 1. The predicted molar refractivity (Wildman–Crippen MR) is 128 cm³/mol. The summed E-state index contributed by atoms with van der Waals surface area (Å²) >= 11 is 0. The molecule has 7 nitrogen and oxygen atoms in total. The van der Waals surface area contributed by atoms with Crippen molar-refractivity contribution in [1.29, 1.82) is 0 Å². The van der Waals surface area contributed by atoms with Crippen LogP contribution in [0.2, 0.25) is 0 Å². The van der Waals surface area contributed by atoms with Crippen LogP contribution in [0.3, 0.4) is 0 Å². The Morgan fingerprint density at radius 2 is 1.94 bits per heavy atom. The first-order valence-electron chi connectivity index (χ1n) is 11.2. The highest BCUT2D eigenvalue weighted by Crippen LogP contribution is 2.19. The van der Waals surface area contributed by atoms with Gasteiger partial charge in [-0.1, -0.05) is 30.3 Å². The van der Waals surface area contributed by atoms with Crippen LogP contribution in [0.5, 0.6) is 5.75 Å². The quantitative estimate of drug-likeness (QED) is 0.338. The highest BCUT2D eigenvalue weighted by molar-refractivity contribution is 5.93. The zero-order valence-corrected chi connectivity index (χ0v) is 19.1. The molecule has 1 aliphatic rings. The van der Waals surface area contributed by atoms with Gasteiger partial charge in [-0.3, -0.25) is 9.79 Å². The molecule has 0 saturated heterocycles. The second-order valence-corrected chi connectivity index (χ2v) is 7.78. The van der Waals surface area contributed by atoms with Crippen LogP contribution in [0.25, 0.3) is 0 Å². The van der Waals surface area contributed by atoms with E-state index in [-0.39, 0.29) is 5.91 Å². The molecule has 1 aliphatic heterocycles. The molecule has 32 heavy (non-hydrogen) atoms. The Balaban J connectivity index is 1.38. The molecule has 2 aromatic carbocycles. The van der Waals surface area contributed by atoms with Crippen LogP contribution >= 0.6 is 0 Å². The fourth-order valence-electron chi connectivity index (χ4n) is 3.69. The summed E-state index contributed by atoms with van der Waals surface area (Å²) in [4.78, 5) is 18.8. The molecule has 0 radical (unpaired) electrons. The average Bonchev–Trinajstić information content (AvgIpc) is 2.83. The zero-order valence-electron chi connectivity index (χ0n) is 19.1. The maximum Gasteiger partial charge on any atom is 0.222 e. The number of carbonyl (C=O) groups is 1. The maximum absolute atomic E-state index is 12.6. The van der Waals surface area contributed by atoms with Crippen molar-refractivity contribution in [3.05, 3.63) is 59.7 Å². The molecule has 3 rings (SSSR count). The number of ether oxygens (including phenoxy) is 2. The number of hydrogen-bond donors (Lipinski definition) is 2. The van der Waals surface area contributed by atoms with Gasteiger partial charge >= 0.3 is 0 Å². The number of hydrogen-bond acceptors (Lipinski definition) is 4. The first-order chi connectivity index (χ1) is 15.7. The Kier molecular flexibility index (Phi) is 9.37. The fourth-order valence-corrected chi connectivity index (χ4v) is 3.69. The fraction of sp³-hybridized carbons (Fsp3) is 0.440. The second-order valence-electron chi connectivity index (χ2n) is 7.78. The van der Waals surface area contributed by atoms with Gasteiger partial charge in [0.05, 0.1) is 6.61 Å². The number of anilines is 1. The molecule has 1 amide bonds. The molecular formula is C25H34N4O3. The molecule has 2 aromatic rings. The lowest BCUT2D eigenvalue weighted by Gasteiger charge is -2.29. The van der Waals surface area contributed by atoms with Crippen LogP contribution < -0.4 is 15.4 Å². The van der Waals surface area contributed by atoms with Crippen molar-refractivity contribution >= 4 is 17.6 Å². The lowest BCUT2D eigenvalue weighted by atomic mass is 9.99. The Bertz CT molecular complexity index is 900. The number of nitrogens with zero attached hydrogens (tertiary/aromatic N) is 2. The highest BCUT2D eigenvalue weighted by atomic mass is 16.5. The molecule has 172 valence electrons. The van der Waals surface area contributed by atoms with Crippen molar-refractivity contribution in [3.63, 3.8) is 0 Å². The zero-order chi connectivity index (χ0) is 22.6. The van der Waals surface area contributed by atoms with E-state index in [1.807, 2.05) is 35.2 Å². The van der Waals surface area contributed by atoms with E-state index >= 15 is 0 Å². The Morgan fingerprint density at radius 3 is 2.75 bits per heavy atom. The molecule has 2 N–H and O–H groups in total. The number of benzene rings is 2. The van der Waals surface area contributed by atoms with E-state index in [2.05, 4.69) is 33.8 Å². The number of rotatable bonds is 10. The summed E-state index contributed by atoms with van der Waals surface area (Å²) in [6.07, 6.45) is 3.06. The summed E-state index contributed by atoms with van der Waals surface area (Å²) in [5.74, 6) is 1.68. The van der Waals surface area contributed by atoms with Gasteiger partial charge in [-0.05, 0) is 36.1 Å². The van der Waals surface area contributed by atoms with Gasteiger partial charge in [0.1, 0.15) is 5.75 Å². The van der Waals surface area contributed by atoms with Gasteiger partial charge in [0.25, 0.3) is 0 Å². The predicted octanol–water partition coefficient (Wildman–Crippen LogP) is 3.45. The van der Waals surface area contributed by atoms with Gasteiger partial charge in [0, 0.05) is 65.0 Å². The third kappa shape index (κ3) is 7.27. The Hall–Kier alpha value is -3.06. The molecule has 0 aromatic heterocycles. The third-order valence-corrected chi connectivity index (χ3v) is 5.43. The third-order valence-electron chi connectivity index (χ3n) is 5.43. The normalized spacial score (nSPS) is 13.4. The minimum Gasteiger partial charge on any atom is -0.493 e. The van der Waals surface area contributed by atoms with E-state index in [0.717, 1.165) is 43.8 Å². The number of carbonyl (C=O) groups excluding carboxylic acids is 1. The van der Waals surface area contributed by atoms with Crippen molar-refractivity contribution in [3.8, 4) is 5.75 Å². The molecule has 0 bridgehead atoms. The lowest BCUT2D eigenvalue weighted by molar-refractivity contribution is -0.132. The van der Waals surface area contributed by atoms with Crippen molar-refractivity contribution in [2.45, 2.75) is 32.2 Å². The van der Waals surface area contributed by atoms with E-state index in [1.54, 1.807) is 14.2 Å². The molecular weight excluding hydrogens is 404 g/mol. The standard InChI is InChI=1S/C25H34N4O3/c1-26-25(28-22-10-5-11-23(18-22)32-17-7-16-31-2)27-14-6-12-24(30)29-15-13-20-8-3-4-9-21(20)19-29/h3-5,8-11,18H,6-7,12-17,19H2,1-2H3,(H2,26,27,28). The first kappa shape index (κ1) is 23.6. The molecule has 0 atom stereocenters. The second kappa shape index (κ2) is 12.7. The minimum absolute atomic E-state index is 0.211. The summed E-state index contributed by atoms with van der Waals surface area (Å²) in [7, 11) is 3.42. The highest BCUT2D eigenvalue weighted by Gasteiger charge is 2.19. The SMILES string of the molecule is CN=C(NCCCC(=O)N1CCc2ccccc2C1)Nc1cccc(OCCCOC)c1. The van der Waals surface area contributed by atoms with E-state index in [1.165, 1.54) is 11.1 Å². The van der Waals surface area contributed by atoms with Crippen LogP contribution in [0.4, 0.5) is 5.69 Å². The largest absolute Gasteiger partial charge is 0.493 e. The smallest absolute Gasteiger partial charge is 0.222 e. The Labute approximate surface area is 190 Å². The van der Waals surface area contributed by atoms with E-state index < -0.39 is 0 Å². The number of fused-ring (bicyclic) bond motifs is 1. The van der Waals surface area contributed by atoms with Gasteiger partial charge in [0.2, 0.25) is 5.91 Å². The topological polar surface area (TPSA) is 75.2 Å². The summed E-state index contributed by atoms with van der Waals surface area (Å²) in [5, 5.41) is 6.55. The van der Waals surface area contributed by atoms with Crippen LogP contribution in [-0.4, -0.2) is 57.2 Å². The number of aliphatic imine (C=N–C) groups is 1. The summed E-state index contributed by atoms with van der Waals surface area (Å²) in [6, 6.07) is 16.2. The van der Waals surface area contributed by atoms with Crippen LogP contribution in [0.1, 0.15) is 30.4 Å². The molecule has 0 saturated carbocycles.